The van der Waals surface area contributed by atoms with Crippen LogP contribution in [0.1, 0.15) is 18.9 Å². The summed E-state index contributed by atoms with van der Waals surface area (Å²) >= 11 is 0. The molecule has 1 rings (SSSR count). The van der Waals surface area contributed by atoms with E-state index in [-0.39, 0.29) is 16.5 Å². The fourth-order valence-electron chi connectivity index (χ4n) is 1.34. The van der Waals surface area contributed by atoms with Gasteiger partial charge in [-0.15, -0.1) is 0 Å². The monoisotopic (exact) mass is 282 g/mol. The highest BCUT2D eigenvalue weighted by atomic mass is 32.2. The van der Waals surface area contributed by atoms with E-state index < -0.39 is 15.7 Å². The summed E-state index contributed by atoms with van der Waals surface area (Å²) in [6.07, 6.45) is 3.40. The number of hydrogen-bond donors (Lipinski definition) is 1. The van der Waals surface area contributed by atoms with E-state index in [1.54, 1.807) is 6.26 Å². The molecule has 7 nitrogen and oxygen atoms in total. The zero-order valence-electron chi connectivity index (χ0n) is 10.6. The average Bonchev–Trinajstić information content (AvgIpc) is 2.38. The lowest BCUT2D eigenvalue weighted by Gasteiger charge is -2.10. The minimum atomic E-state index is -0.900. The molecule has 0 amide bonds. The molecule has 8 heteroatoms. The normalized spacial score (nSPS) is 13.3. The van der Waals surface area contributed by atoms with Gasteiger partial charge < -0.3 is 5.32 Å². The van der Waals surface area contributed by atoms with Gasteiger partial charge in [-0.3, -0.25) is 14.3 Å². The van der Waals surface area contributed by atoms with E-state index in [0.29, 0.717) is 18.8 Å². The molecule has 0 aromatic carbocycles. The van der Waals surface area contributed by atoms with Crippen LogP contribution in [0.3, 0.4) is 0 Å². The third kappa shape index (κ3) is 4.30. The van der Waals surface area contributed by atoms with E-state index in [1.165, 1.54) is 6.07 Å². The molecule has 1 N–H and O–H groups in total. The van der Waals surface area contributed by atoms with Gasteiger partial charge in [0.25, 0.3) is 5.69 Å². The number of pyridine rings is 1. The summed E-state index contributed by atoms with van der Waals surface area (Å²) < 4.78 is 11.2. The Kier molecular flexibility index (Phi) is 5.38. The molecular formula is C11H14N4O3S. The first kappa shape index (κ1) is 15.0. The molecule has 102 valence electrons. The highest BCUT2D eigenvalue weighted by molar-refractivity contribution is 7.84. The minimum Gasteiger partial charge on any atom is -0.369 e. The van der Waals surface area contributed by atoms with Gasteiger partial charge in [0.1, 0.15) is 23.6 Å². The quantitative estimate of drug-likeness (QED) is 0.624. The topological polar surface area (TPSA) is 109 Å². The Labute approximate surface area is 113 Å². The van der Waals surface area contributed by atoms with Gasteiger partial charge in [-0.05, 0) is 6.42 Å². The zero-order chi connectivity index (χ0) is 14.4. The summed E-state index contributed by atoms with van der Waals surface area (Å²) in [7, 11) is -0.900. The Balaban J connectivity index is 2.72. The third-order valence-corrected chi connectivity index (χ3v) is 3.98. The van der Waals surface area contributed by atoms with Crippen molar-refractivity contribution in [3.63, 3.8) is 0 Å². The van der Waals surface area contributed by atoms with Crippen molar-refractivity contribution < 1.29 is 9.13 Å². The second-order valence-corrected chi connectivity index (χ2v) is 5.79. The summed E-state index contributed by atoms with van der Waals surface area (Å²) in [6.45, 7) is 2.37. The molecule has 0 fully saturated rings. The molecule has 2 unspecified atom stereocenters. The minimum absolute atomic E-state index is 0.0380. The Hall–Kier alpha value is -2.01. The Morgan fingerprint density at radius 2 is 2.37 bits per heavy atom. The lowest BCUT2D eigenvalue weighted by atomic mass is 10.2. The second kappa shape index (κ2) is 6.80. The predicted molar refractivity (Wildman–Crippen MR) is 72.2 cm³/mol. The number of nitriles is 1. The maximum absolute atomic E-state index is 11.2. The number of nitrogens with one attached hydrogen (secondary N) is 1. The van der Waals surface area contributed by atoms with E-state index in [0.717, 1.165) is 6.20 Å². The molecule has 0 aliphatic rings. The highest BCUT2D eigenvalue weighted by Gasteiger charge is 2.12. The van der Waals surface area contributed by atoms with Crippen molar-refractivity contribution in [2.24, 2.45) is 0 Å². The van der Waals surface area contributed by atoms with Crippen LogP contribution < -0.4 is 5.32 Å². The Morgan fingerprint density at radius 1 is 1.68 bits per heavy atom. The van der Waals surface area contributed by atoms with Crippen molar-refractivity contribution in [3.05, 3.63) is 27.9 Å². The number of anilines is 1. The van der Waals surface area contributed by atoms with Gasteiger partial charge >= 0.3 is 0 Å². The summed E-state index contributed by atoms with van der Waals surface area (Å²) in [5.74, 6) is 0.308. The van der Waals surface area contributed by atoms with Crippen LogP contribution in [0.5, 0.6) is 0 Å². The van der Waals surface area contributed by atoms with Gasteiger partial charge in [-0.25, -0.2) is 4.98 Å². The molecule has 0 radical (unpaired) electrons. The lowest BCUT2D eigenvalue weighted by Crippen LogP contribution is -2.15. The van der Waals surface area contributed by atoms with Gasteiger partial charge in [0.15, 0.2) is 0 Å². The van der Waals surface area contributed by atoms with Gasteiger partial charge in [0.05, 0.1) is 4.92 Å². The Morgan fingerprint density at radius 3 is 2.89 bits per heavy atom. The maximum Gasteiger partial charge on any atom is 0.289 e. The zero-order valence-corrected chi connectivity index (χ0v) is 11.4. The average molecular weight is 282 g/mol. The van der Waals surface area contributed by atoms with E-state index >= 15 is 0 Å². The molecular weight excluding hydrogens is 268 g/mol. The second-order valence-electron chi connectivity index (χ2n) is 3.98. The molecule has 0 aliphatic heterocycles. The fourth-order valence-corrected chi connectivity index (χ4v) is 1.79. The molecule has 0 saturated heterocycles. The van der Waals surface area contributed by atoms with E-state index in [4.69, 9.17) is 5.26 Å². The SMILES string of the molecule is CC(CCNc1ncc([N+](=O)[O-])cc1C#N)S(C)=O. The number of nitro groups is 1. The number of aromatic nitrogens is 1. The van der Waals surface area contributed by atoms with Crippen LogP contribution >= 0.6 is 0 Å². The van der Waals surface area contributed by atoms with E-state index in [2.05, 4.69) is 10.3 Å². The molecule has 0 bridgehead atoms. The van der Waals surface area contributed by atoms with E-state index in [9.17, 15) is 14.3 Å². The highest BCUT2D eigenvalue weighted by Crippen LogP contribution is 2.18. The van der Waals surface area contributed by atoms with Crippen LogP contribution in [0.15, 0.2) is 12.3 Å². The summed E-state index contributed by atoms with van der Waals surface area (Å²) in [5, 5.41) is 22.4. The lowest BCUT2D eigenvalue weighted by molar-refractivity contribution is -0.385. The summed E-state index contributed by atoms with van der Waals surface area (Å²) in [4.78, 5) is 13.8. The third-order valence-electron chi connectivity index (χ3n) is 2.61. The van der Waals surface area contributed by atoms with Crippen LogP contribution in [0.2, 0.25) is 0 Å². The van der Waals surface area contributed by atoms with Crippen LogP contribution in [-0.4, -0.2) is 32.2 Å². The van der Waals surface area contributed by atoms with Crippen LogP contribution in [-0.2, 0) is 10.8 Å². The number of hydrogen-bond acceptors (Lipinski definition) is 6. The Bertz CT molecular complexity index is 541. The predicted octanol–water partition coefficient (Wildman–Crippen LogP) is 1.43. The molecule has 1 aromatic heterocycles. The van der Waals surface area contributed by atoms with Crippen molar-refractivity contribution in [1.29, 1.82) is 5.26 Å². The largest absolute Gasteiger partial charge is 0.369 e. The standard InChI is InChI=1S/C11H14N4O3S/c1-8(19(2)18)3-4-13-11-9(6-12)5-10(7-14-11)15(16)17/h5,7-8H,3-4H2,1-2H3,(H,13,14). The van der Waals surface area contributed by atoms with Crippen LogP contribution in [0.25, 0.3) is 0 Å². The number of nitrogens with zero attached hydrogens (tertiary/aromatic N) is 3. The van der Waals surface area contributed by atoms with Crippen LogP contribution in [0, 0.1) is 21.4 Å². The van der Waals surface area contributed by atoms with Crippen molar-refractivity contribution in [3.8, 4) is 6.07 Å². The molecule has 0 saturated carbocycles. The molecule has 0 spiro atoms. The van der Waals surface area contributed by atoms with Crippen molar-refractivity contribution in [2.75, 3.05) is 18.1 Å². The first-order valence-corrected chi connectivity index (χ1v) is 7.18. The summed E-state index contributed by atoms with van der Waals surface area (Å²) in [6, 6.07) is 3.04. The molecule has 1 heterocycles. The molecule has 2 atom stereocenters. The van der Waals surface area contributed by atoms with E-state index in [1.807, 2.05) is 13.0 Å². The van der Waals surface area contributed by atoms with Gasteiger partial charge in [-0.1, -0.05) is 6.92 Å². The smallest absolute Gasteiger partial charge is 0.289 e. The molecule has 0 aliphatic carbocycles. The van der Waals surface area contributed by atoms with Crippen molar-refractivity contribution in [2.45, 2.75) is 18.6 Å². The maximum atomic E-state index is 11.2. The van der Waals surface area contributed by atoms with Crippen molar-refractivity contribution in [1.82, 2.24) is 4.98 Å². The molecule has 19 heavy (non-hydrogen) atoms. The van der Waals surface area contributed by atoms with Gasteiger partial charge in [-0.2, -0.15) is 5.26 Å². The van der Waals surface area contributed by atoms with Gasteiger partial charge in [0.2, 0.25) is 0 Å². The first-order chi connectivity index (χ1) is 8.95. The summed E-state index contributed by atoms with van der Waals surface area (Å²) in [5.41, 5.74) is -0.0930. The van der Waals surface area contributed by atoms with Gasteiger partial charge in [0, 0.05) is 34.9 Å². The fraction of sp³-hybridized carbons (Fsp3) is 0.455. The number of rotatable bonds is 6. The first-order valence-electron chi connectivity index (χ1n) is 5.56. The van der Waals surface area contributed by atoms with Crippen LogP contribution in [0.4, 0.5) is 11.5 Å². The van der Waals surface area contributed by atoms with Crippen molar-refractivity contribution >= 4 is 22.3 Å². The molecule has 1 aromatic rings.